The van der Waals surface area contributed by atoms with Gasteiger partial charge in [-0.25, -0.2) is 4.79 Å². The highest BCUT2D eigenvalue weighted by molar-refractivity contribution is 7.71. The van der Waals surface area contributed by atoms with E-state index in [4.69, 9.17) is 17.0 Å². The summed E-state index contributed by atoms with van der Waals surface area (Å²) in [5.41, 5.74) is 2.21. The van der Waals surface area contributed by atoms with Crippen molar-refractivity contribution < 1.29 is 9.53 Å². The zero-order valence-electron chi connectivity index (χ0n) is 12.3. The first-order chi connectivity index (χ1) is 10.5. The number of H-pyrrole nitrogens is 2. The molecule has 0 atom stereocenters. The molecule has 0 saturated heterocycles. The second-order valence-corrected chi connectivity index (χ2v) is 5.05. The molecule has 0 bridgehead atoms. The maximum absolute atomic E-state index is 12.0. The average Bonchev–Trinajstić information content (AvgIpc) is 2.51. The molecule has 2 rings (SSSR count). The molecule has 2 aromatic rings. The minimum atomic E-state index is -0.546. The molecule has 0 aliphatic carbocycles. The highest BCUT2D eigenvalue weighted by Crippen LogP contribution is 2.17. The Morgan fingerprint density at radius 3 is 2.50 bits per heavy atom. The van der Waals surface area contributed by atoms with Crippen LogP contribution in [0.2, 0.25) is 0 Å². The lowest BCUT2D eigenvalue weighted by molar-refractivity contribution is -0.133. The standard InChI is InChI=1S/C16H16N2O3S/c1-3-10-4-6-11(7-5-10)8-12(15(20)21-2)13-9-14(19)18-16(22)17-13/h4-9H,3H2,1-2H3,(H2,17,18,19,22)/b12-8-. The lowest BCUT2D eigenvalue weighted by Crippen LogP contribution is -2.12. The summed E-state index contributed by atoms with van der Waals surface area (Å²) >= 11 is 4.94. The summed E-state index contributed by atoms with van der Waals surface area (Å²) in [4.78, 5) is 28.8. The number of aromatic nitrogens is 2. The van der Waals surface area contributed by atoms with Gasteiger partial charge in [-0.15, -0.1) is 0 Å². The van der Waals surface area contributed by atoms with Crippen molar-refractivity contribution in [2.45, 2.75) is 13.3 Å². The quantitative estimate of drug-likeness (QED) is 0.517. The van der Waals surface area contributed by atoms with Gasteiger partial charge >= 0.3 is 5.97 Å². The number of aryl methyl sites for hydroxylation is 1. The van der Waals surface area contributed by atoms with Crippen LogP contribution in [-0.2, 0) is 16.0 Å². The molecule has 1 heterocycles. The van der Waals surface area contributed by atoms with Gasteiger partial charge in [-0.05, 0) is 35.8 Å². The van der Waals surface area contributed by atoms with Crippen LogP contribution in [0, 0.1) is 4.77 Å². The molecule has 0 spiro atoms. The molecule has 0 aliphatic heterocycles. The van der Waals surface area contributed by atoms with E-state index in [1.54, 1.807) is 6.08 Å². The van der Waals surface area contributed by atoms with Gasteiger partial charge < -0.3 is 9.72 Å². The Bertz CT molecular complexity index is 788. The van der Waals surface area contributed by atoms with Gasteiger partial charge in [0.05, 0.1) is 18.4 Å². The van der Waals surface area contributed by atoms with Crippen molar-refractivity contribution in [3.05, 3.63) is 62.3 Å². The maximum atomic E-state index is 12.0. The number of hydrogen-bond acceptors (Lipinski definition) is 4. The highest BCUT2D eigenvalue weighted by atomic mass is 32.1. The van der Waals surface area contributed by atoms with E-state index >= 15 is 0 Å². The molecule has 0 saturated carbocycles. The van der Waals surface area contributed by atoms with Gasteiger partial charge in [-0.1, -0.05) is 31.2 Å². The van der Waals surface area contributed by atoms with E-state index in [9.17, 15) is 9.59 Å². The predicted molar refractivity (Wildman–Crippen MR) is 88.0 cm³/mol. The van der Waals surface area contributed by atoms with Gasteiger partial charge in [0.15, 0.2) is 4.77 Å². The van der Waals surface area contributed by atoms with Gasteiger partial charge in [0.1, 0.15) is 0 Å². The van der Waals surface area contributed by atoms with E-state index in [0.717, 1.165) is 12.0 Å². The Labute approximate surface area is 132 Å². The molecule has 0 amide bonds. The van der Waals surface area contributed by atoms with Gasteiger partial charge in [0.25, 0.3) is 5.56 Å². The summed E-state index contributed by atoms with van der Waals surface area (Å²) in [6.45, 7) is 2.07. The lowest BCUT2D eigenvalue weighted by atomic mass is 10.1. The Morgan fingerprint density at radius 1 is 1.27 bits per heavy atom. The van der Waals surface area contributed by atoms with Crippen LogP contribution in [0.4, 0.5) is 0 Å². The van der Waals surface area contributed by atoms with Crippen molar-refractivity contribution in [2.24, 2.45) is 0 Å². The maximum Gasteiger partial charge on any atom is 0.339 e. The van der Waals surface area contributed by atoms with Crippen LogP contribution in [0.1, 0.15) is 23.7 Å². The van der Waals surface area contributed by atoms with Crippen LogP contribution in [0.15, 0.2) is 35.1 Å². The van der Waals surface area contributed by atoms with Crippen LogP contribution in [-0.4, -0.2) is 23.0 Å². The first-order valence-corrected chi connectivity index (χ1v) is 7.17. The van der Waals surface area contributed by atoms with Crippen molar-refractivity contribution in [1.82, 2.24) is 9.97 Å². The Morgan fingerprint density at radius 2 is 1.95 bits per heavy atom. The zero-order chi connectivity index (χ0) is 16.1. The molecule has 5 nitrogen and oxygen atoms in total. The van der Waals surface area contributed by atoms with E-state index in [1.165, 1.54) is 18.7 Å². The summed E-state index contributed by atoms with van der Waals surface area (Å²) in [7, 11) is 1.29. The fourth-order valence-electron chi connectivity index (χ4n) is 1.99. The molecule has 1 aromatic carbocycles. The summed E-state index contributed by atoms with van der Waals surface area (Å²) in [5.74, 6) is -0.546. The first kappa shape index (κ1) is 15.9. The molecular weight excluding hydrogens is 300 g/mol. The van der Waals surface area contributed by atoms with E-state index < -0.39 is 5.97 Å². The second-order valence-electron chi connectivity index (χ2n) is 4.65. The van der Waals surface area contributed by atoms with Crippen LogP contribution in [0.25, 0.3) is 11.6 Å². The average molecular weight is 316 g/mol. The second kappa shape index (κ2) is 7.00. The fourth-order valence-corrected chi connectivity index (χ4v) is 2.20. The van der Waals surface area contributed by atoms with Gasteiger partial charge in [-0.3, -0.25) is 9.78 Å². The van der Waals surface area contributed by atoms with Crippen LogP contribution >= 0.6 is 12.2 Å². The summed E-state index contributed by atoms with van der Waals surface area (Å²) < 4.78 is 4.94. The van der Waals surface area contributed by atoms with E-state index in [-0.39, 0.29) is 15.9 Å². The number of esters is 1. The number of methoxy groups -OCH3 is 1. The largest absolute Gasteiger partial charge is 0.465 e. The highest BCUT2D eigenvalue weighted by Gasteiger charge is 2.14. The van der Waals surface area contributed by atoms with Gasteiger partial charge in [0.2, 0.25) is 0 Å². The molecule has 0 unspecified atom stereocenters. The Hall–Kier alpha value is -2.47. The SMILES string of the molecule is CCc1ccc(/C=C(\C(=O)OC)c2cc(=O)[nH]c(=S)[nH]2)cc1. The fraction of sp³-hybridized carbons (Fsp3) is 0.188. The zero-order valence-corrected chi connectivity index (χ0v) is 13.1. The predicted octanol–water partition coefficient (Wildman–Crippen LogP) is 2.71. The molecule has 22 heavy (non-hydrogen) atoms. The Kier molecular flexibility index (Phi) is 5.06. The summed E-state index contributed by atoms with van der Waals surface area (Å²) in [5, 5.41) is 0. The molecule has 0 radical (unpaired) electrons. The molecule has 114 valence electrons. The van der Waals surface area contributed by atoms with Crippen molar-refractivity contribution in [2.75, 3.05) is 7.11 Å². The molecule has 1 aromatic heterocycles. The molecule has 0 aliphatic rings. The number of carbonyl (C=O) groups excluding carboxylic acids is 1. The van der Waals surface area contributed by atoms with E-state index in [0.29, 0.717) is 5.69 Å². The summed E-state index contributed by atoms with van der Waals surface area (Å²) in [6, 6.07) is 9.06. The minimum Gasteiger partial charge on any atom is -0.465 e. The topological polar surface area (TPSA) is 75.0 Å². The van der Waals surface area contributed by atoms with Crippen LogP contribution in [0.3, 0.4) is 0 Å². The van der Waals surface area contributed by atoms with Crippen molar-refractivity contribution in [3.8, 4) is 0 Å². The number of hydrogen-bond donors (Lipinski definition) is 2. The summed E-state index contributed by atoms with van der Waals surface area (Å²) in [6.07, 6.45) is 2.60. The van der Waals surface area contributed by atoms with Crippen molar-refractivity contribution >= 4 is 29.8 Å². The molecule has 2 N–H and O–H groups in total. The third-order valence-corrected chi connectivity index (χ3v) is 3.36. The lowest BCUT2D eigenvalue weighted by Gasteiger charge is -2.06. The number of benzene rings is 1. The van der Waals surface area contributed by atoms with E-state index in [2.05, 4.69) is 16.9 Å². The van der Waals surface area contributed by atoms with Crippen LogP contribution < -0.4 is 5.56 Å². The minimum absolute atomic E-state index is 0.152. The monoisotopic (exact) mass is 316 g/mol. The third kappa shape index (κ3) is 3.79. The first-order valence-electron chi connectivity index (χ1n) is 6.76. The van der Waals surface area contributed by atoms with Gasteiger partial charge in [0, 0.05) is 6.07 Å². The normalized spacial score (nSPS) is 11.3. The molecule has 0 fully saturated rings. The van der Waals surface area contributed by atoms with Gasteiger partial charge in [-0.2, -0.15) is 0 Å². The Balaban J connectivity index is 2.53. The number of ether oxygens (including phenoxy) is 1. The van der Waals surface area contributed by atoms with Crippen LogP contribution in [0.5, 0.6) is 0 Å². The number of carbonyl (C=O) groups is 1. The van der Waals surface area contributed by atoms with Crippen molar-refractivity contribution in [3.63, 3.8) is 0 Å². The number of nitrogens with one attached hydrogen (secondary N) is 2. The van der Waals surface area contributed by atoms with E-state index in [1.807, 2.05) is 24.3 Å². The number of aromatic amines is 2. The number of rotatable bonds is 4. The van der Waals surface area contributed by atoms with Crippen molar-refractivity contribution in [1.29, 1.82) is 0 Å². The third-order valence-electron chi connectivity index (χ3n) is 3.15. The molecular formula is C16H16N2O3S. The molecule has 6 heteroatoms. The smallest absolute Gasteiger partial charge is 0.339 e.